The summed E-state index contributed by atoms with van der Waals surface area (Å²) in [5, 5.41) is 15.2. The van der Waals surface area contributed by atoms with Crippen molar-refractivity contribution in [2.75, 3.05) is 25.5 Å². The topological polar surface area (TPSA) is 91.8 Å². The van der Waals surface area contributed by atoms with Gasteiger partial charge in [-0.05, 0) is 73.6 Å². The second kappa shape index (κ2) is 9.78. The molecule has 1 saturated carbocycles. The summed E-state index contributed by atoms with van der Waals surface area (Å²) in [5.74, 6) is 0.572. The highest BCUT2D eigenvalue weighted by Gasteiger charge is 2.54. The fraction of sp³-hybridized carbons (Fsp3) is 0.607. The molecule has 8 heteroatoms. The molecule has 2 fully saturated rings. The van der Waals surface area contributed by atoms with Crippen molar-refractivity contribution in [1.29, 1.82) is 0 Å². The highest BCUT2D eigenvalue weighted by molar-refractivity contribution is 7.15. The van der Waals surface area contributed by atoms with Gasteiger partial charge in [-0.3, -0.25) is 14.9 Å². The zero-order valence-electron chi connectivity index (χ0n) is 21.6. The molecular formula is C28H37N3O4S. The van der Waals surface area contributed by atoms with E-state index in [0.29, 0.717) is 16.4 Å². The third kappa shape index (κ3) is 4.43. The van der Waals surface area contributed by atoms with Crippen LogP contribution in [0.1, 0.15) is 73.3 Å². The number of aliphatic hydroxyl groups excluding tert-OH is 1. The predicted octanol–water partition coefficient (Wildman–Crippen LogP) is 4.72. The summed E-state index contributed by atoms with van der Waals surface area (Å²) >= 11 is 1.54. The Balaban J connectivity index is 1.33. The van der Waals surface area contributed by atoms with E-state index in [-0.39, 0.29) is 40.9 Å². The molecule has 2 N–H and O–H groups in total. The summed E-state index contributed by atoms with van der Waals surface area (Å²) in [6.45, 7) is 8.12. The largest absolute Gasteiger partial charge is 0.497 e. The third-order valence-corrected chi connectivity index (χ3v) is 9.93. The Morgan fingerprint density at radius 1 is 1.25 bits per heavy atom. The molecule has 5 rings (SSSR count). The number of thiazole rings is 1. The van der Waals surface area contributed by atoms with Crippen molar-refractivity contribution in [2.45, 2.75) is 64.9 Å². The summed E-state index contributed by atoms with van der Waals surface area (Å²) < 4.78 is 5.18. The molecule has 1 aromatic heterocycles. The van der Waals surface area contributed by atoms with E-state index in [0.717, 1.165) is 50.9 Å². The lowest BCUT2D eigenvalue weighted by molar-refractivity contribution is -0.143. The highest BCUT2D eigenvalue weighted by Crippen LogP contribution is 2.57. The molecule has 7 nitrogen and oxygen atoms in total. The second-order valence-corrected chi connectivity index (χ2v) is 12.3. The Hall–Kier alpha value is -2.45. The average Bonchev–Trinajstić information content (AvgIpc) is 3.53. The quantitative estimate of drug-likeness (QED) is 0.606. The maximum atomic E-state index is 13.1. The predicted molar refractivity (Wildman–Crippen MR) is 140 cm³/mol. The van der Waals surface area contributed by atoms with Crippen LogP contribution in [0.15, 0.2) is 24.3 Å². The van der Waals surface area contributed by atoms with E-state index in [2.05, 4.69) is 19.2 Å². The minimum Gasteiger partial charge on any atom is -0.497 e. The number of hydrogen-bond acceptors (Lipinski definition) is 6. The molecule has 3 aliphatic rings. The number of ether oxygens (including phenoxy) is 1. The summed E-state index contributed by atoms with van der Waals surface area (Å²) in [4.78, 5) is 33.9. The molecule has 0 radical (unpaired) electrons. The van der Waals surface area contributed by atoms with Crippen LogP contribution in [0, 0.1) is 23.2 Å². The SMILES string of the molecule is COc1ccc(C(=O)Nc2nc3c(s2)C[C@@]2(C)CC[C@@H]([C@H](C)C(=O)N4CCCC4)[C@H](O)[C@H]2[C@@H]3C)cc1. The number of aliphatic hydroxyl groups is 1. The van der Waals surface area contributed by atoms with Crippen molar-refractivity contribution >= 4 is 28.3 Å². The lowest BCUT2D eigenvalue weighted by Gasteiger charge is -2.53. The number of rotatable bonds is 5. The zero-order valence-corrected chi connectivity index (χ0v) is 22.4. The van der Waals surface area contributed by atoms with E-state index in [1.54, 1.807) is 42.7 Å². The van der Waals surface area contributed by atoms with Gasteiger partial charge in [0.25, 0.3) is 5.91 Å². The van der Waals surface area contributed by atoms with Crippen LogP contribution in [0.2, 0.25) is 0 Å². The van der Waals surface area contributed by atoms with Crippen LogP contribution in [0.4, 0.5) is 5.13 Å². The van der Waals surface area contributed by atoms with E-state index < -0.39 is 6.10 Å². The molecule has 6 atom stereocenters. The molecule has 2 aliphatic carbocycles. The van der Waals surface area contributed by atoms with E-state index in [4.69, 9.17) is 9.72 Å². The standard InChI is InChI=1S/C28H37N3O4S/c1-16(26(34)31-13-5-6-14-31)20-11-12-28(3)15-21-23(17(2)22(28)24(20)32)29-27(36-21)30-25(33)18-7-9-19(35-4)10-8-18/h7-10,16-17,20,22,24,32H,5-6,11-15H2,1-4H3,(H,29,30,33)/t16-,17-,20-,22+,24-,28+/m0/s1. The number of carbonyl (C=O) groups excluding carboxylic acids is 2. The molecule has 36 heavy (non-hydrogen) atoms. The number of amides is 2. The molecule has 2 heterocycles. The minimum absolute atomic E-state index is 0.0322. The van der Waals surface area contributed by atoms with Gasteiger partial charge in [-0.15, -0.1) is 11.3 Å². The number of nitrogens with zero attached hydrogens (tertiary/aromatic N) is 2. The number of aromatic nitrogens is 1. The fourth-order valence-corrected chi connectivity index (χ4v) is 8.18. The van der Waals surface area contributed by atoms with Crippen LogP contribution < -0.4 is 10.1 Å². The molecule has 1 aliphatic heterocycles. The average molecular weight is 512 g/mol. The van der Waals surface area contributed by atoms with Gasteiger partial charge in [0.1, 0.15) is 5.75 Å². The number of anilines is 1. The first kappa shape index (κ1) is 25.2. The van der Waals surface area contributed by atoms with Gasteiger partial charge in [0.05, 0.1) is 18.9 Å². The Kier molecular flexibility index (Phi) is 6.85. The van der Waals surface area contributed by atoms with E-state index in [1.165, 1.54) is 4.88 Å². The number of likely N-dealkylation sites (tertiary alicyclic amines) is 1. The molecule has 2 aromatic rings. The van der Waals surface area contributed by atoms with Gasteiger partial charge in [0, 0.05) is 35.4 Å². The number of nitrogens with one attached hydrogen (secondary N) is 1. The van der Waals surface area contributed by atoms with Crippen molar-refractivity contribution in [3.63, 3.8) is 0 Å². The lowest BCUT2D eigenvalue weighted by Crippen LogP contribution is -2.53. The molecule has 0 bridgehead atoms. The summed E-state index contributed by atoms with van der Waals surface area (Å²) in [7, 11) is 1.60. The Morgan fingerprint density at radius 3 is 2.61 bits per heavy atom. The molecular weight excluding hydrogens is 474 g/mol. The Labute approximate surface area is 217 Å². The van der Waals surface area contributed by atoms with E-state index in [1.807, 2.05) is 11.8 Å². The number of benzene rings is 1. The normalized spacial score (nSPS) is 30.3. The van der Waals surface area contributed by atoms with Crippen LogP contribution in [-0.4, -0.2) is 53.1 Å². The van der Waals surface area contributed by atoms with Gasteiger partial charge in [-0.25, -0.2) is 4.98 Å². The number of hydrogen-bond donors (Lipinski definition) is 2. The maximum Gasteiger partial charge on any atom is 0.257 e. The van der Waals surface area contributed by atoms with Gasteiger partial charge in [0.15, 0.2) is 5.13 Å². The second-order valence-electron chi connectivity index (χ2n) is 11.2. The first-order valence-electron chi connectivity index (χ1n) is 13.1. The first-order valence-corrected chi connectivity index (χ1v) is 14.0. The monoisotopic (exact) mass is 511 g/mol. The Bertz CT molecular complexity index is 1130. The number of fused-ring (bicyclic) bond motifs is 2. The highest BCUT2D eigenvalue weighted by atomic mass is 32.1. The summed E-state index contributed by atoms with van der Waals surface area (Å²) in [6, 6.07) is 7.01. The summed E-state index contributed by atoms with van der Waals surface area (Å²) in [6.07, 6.45) is 4.28. The van der Waals surface area contributed by atoms with Gasteiger partial charge in [-0.2, -0.15) is 0 Å². The molecule has 2 amide bonds. The van der Waals surface area contributed by atoms with Crippen LogP contribution in [0.3, 0.4) is 0 Å². The molecule has 1 aromatic carbocycles. The number of carbonyl (C=O) groups is 2. The van der Waals surface area contributed by atoms with Crippen molar-refractivity contribution in [1.82, 2.24) is 9.88 Å². The van der Waals surface area contributed by atoms with Gasteiger partial charge < -0.3 is 14.7 Å². The fourth-order valence-electron chi connectivity index (χ4n) is 6.92. The molecule has 0 spiro atoms. The van der Waals surface area contributed by atoms with Gasteiger partial charge >= 0.3 is 0 Å². The lowest BCUT2D eigenvalue weighted by atomic mass is 9.53. The van der Waals surface area contributed by atoms with Gasteiger partial charge in [0.2, 0.25) is 5.91 Å². The molecule has 0 unspecified atom stereocenters. The Morgan fingerprint density at radius 2 is 1.94 bits per heavy atom. The molecule has 1 saturated heterocycles. The maximum absolute atomic E-state index is 13.1. The van der Waals surface area contributed by atoms with Crippen molar-refractivity contribution < 1.29 is 19.4 Å². The first-order chi connectivity index (χ1) is 17.2. The van der Waals surface area contributed by atoms with Crippen molar-refractivity contribution in [3.05, 3.63) is 40.4 Å². The zero-order chi connectivity index (χ0) is 25.6. The smallest absolute Gasteiger partial charge is 0.257 e. The van der Waals surface area contributed by atoms with Crippen LogP contribution in [0.5, 0.6) is 5.75 Å². The van der Waals surface area contributed by atoms with E-state index >= 15 is 0 Å². The minimum atomic E-state index is -0.549. The van der Waals surface area contributed by atoms with Crippen molar-refractivity contribution in [3.8, 4) is 5.75 Å². The van der Waals surface area contributed by atoms with Crippen LogP contribution >= 0.6 is 11.3 Å². The molecule has 194 valence electrons. The van der Waals surface area contributed by atoms with Gasteiger partial charge in [-0.1, -0.05) is 20.8 Å². The van der Waals surface area contributed by atoms with Crippen LogP contribution in [0.25, 0.3) is 0 Å². The summed E-state index contributed by atoms with van der Waals surface area (Å²) in [5.41, 5.74) is 1.47. The third-order valence-electron chi connectivity index (χ3n) is 8.94. The number of methoxy groups -OCH3 is 1. The van der Waals surface area contributed by atoms with E-state index in [9.17, 15) is 14.7 Å². The van der Waals surface area contributed by atoms with Crippen molar-refractivity contribution in [2.24, 2.45) is 23.2 Å². The van der Waals surface area contributed by atoms with Crippen LogP contribution in [-0.2, 0) is 11.2 Å².